The lowest BCUT2D eigenvalue weighted by Crippen LogP contribution is -2.26. The number of halogens is 1. The van der Waals surface area contributed by atoms with Crippen LogP contribution in [-0.2, 0) is 19.4 Å². The number of nitrogens with one attached hydrogen (secondary N) is 1. The predicted molar refractivity (Wildman–Crippen MR) is 94.0 cm³/mol. The van der Waals surface area contributed by atoms with Gasteiger partial charge in [0, 0.05) is 27.7 Å². The van der Waals surface area contributed by atoms with Gasteiger partial charge in [-0.15, -0.1) is 11.3 Å². The van der Waals surface area contributed by atoms with Crippen LogP contribution in [0.25, 0.3) is 0 Å². The van der Waals surface area contributed by atoms with E-state index in [0.29, 0.717) is 6.04 Å². The zero-order valence-electron chi connectivity index (χ0n) is 13.0. The predicted octanol–water partition coefficient (Wildman–Crippen LogP) is 4.57. The maximum Gasteiger partial charge on any atom is 0.0625 e. The van der Waals surface area contributed by atoms with Crippen molar-refractivity contribution in [1.82, 2.24) is 15.1 Å². The first-order chi connectivity index (χ1) is 10.2. The van der Waals surface area contributed by atoms with Crippen molar-refractivity contribution in [2.24, 2.45) is 0 Å². The van der Waals surface area contributed by atoms with Crippen LogP contribution in [0.15, 0.2) is 22.0 Å². The number of rotatable bonds is 8. The maximum atomic E-state index is 4.69. The summed E-state index contributed by atoms with van der Waals surface area (Å²) < 4.78 is 3.32. The highest BCUT2D eigenvalue weighted by Gasteiger charge is 2.18. The molecule has 2 aromatic rings. The van der Waals surface area contributed by atoms with Gasteiger partial charge in [-0.25, -0.2) is 0 Å². The minimum Gasteiger partial charge on any atom is -0.308 e. The molecule has 0 spiro atoms. The Kier molecular flexibility index (Phi) is 6.45. The summed E-state index contributed by atoms with van der Waals surface area (Å²) in [5, 5.41) is 10.5. The fourth-order valence-electron chi connectivity index (χ4n) is 2.46. The van der Waals surface area contributed by atoms with Gasteiger partial charge in [0.15, 0.2) is 0 Å². The smallest absolute Gasteiger partial charge is 0.0625 e. The molecule has 1 unspecified atom stereocenters. The van der Waals surface area contributed by atoms with E-state index >= 15 is 0 Å². The summed E-state index contributed by atoms with van der Waals surface area (Å²) >= 11 is 5.36. The van der Waals surface area contributed by atoms with Gasteiger partial charge in [-0.05, 0) is 54.4 Å². The van der Waals surface area contributed by atoms with Gasteiger partial charge in [0.25, 0.3) is 0 Å². The standard InChI is InChI=1S/C16H24BrN3S/c1-4-7-18-15(10-14-8-12(17)11-21-14)16-9-13(5-2)19-20(16)6-3/h8-9,11,15,18H,4-7,10H2,1-3H3. The summed E-state index contributed by atoms with van der Waals surface area (Å²) in [5.74, 6) is 0. The van der Waals surface area contributed by atoms with Gasteiger partial charge < -0.3 is 5.32 Å². The Bertz CT molecular complexity index is 562. The molecule has 0 fully saturated rings. The molecular formula is C16H24BrN3S. The molecule has 0 aliphatic carbocycles. The molecule has 0 aliphatic heterocycles. The second-order valence-corrected chi connectivity index (χ2v) is 7.08. The van der Waals surface area contributed by atoms with Crippen molar-refractivity contribution in [3.05, 3.63) is 38.3 Å². The zero-order valence-corrected chi connectivity index (χ0v) is 15.4. The van der Waals surface area contributed by atoms with E-state index < -0.39 is 0 Å². The molecule has 2 rings (SSSR count). The Morgan fingerprint density at radius 3 is 2.71 bits per heavy atom. The molecule has 5 heteroatoms. The minimum absolute atomic E-state index is 0.336. The number of hydrogen-bond donors (Lipinski definition) is 1. The van der Waals surface area contributed by atoms with Crippen LogP contribution in [-0.4, -0.2) is 16.3 Å². The molecule has 2 aromatic heterocycles. The van der Waals surface area contributed by atoms with E-state index in [9.17, 15) is 0 Å². The van der Waals surface area contributed by atoms with Crippen LogP contribution < -0.4 is 5.32 Å². The lowest BCUT2D eigenvalue weighted by Gasteiger charge is -2.19. The van der Waals surface area contributed by atoms with Crippen molar-refractivity contribution in [2.75, 3.05) is 6.54 Å². The summed E-state index contributed by atoms with van der Waals surface area (Å²) in [4.78, 5) is 1.40. The molecule has 0 saturated heterocycles. The SMILES string of the molecule is CCCNC(Cc1cc(Br)cs1)c1cc(CC)nn1CC. The fraction of sp³-hybridized carbons (Fsp3) is 0.562. The lowest BCUT2D eigenvalue weighted by molar-refractivity contribution is 0.480. The van der Waals surface area contributed by atoms with Crippen molar-refractivity contribution >= 4 is 27.3 Å². The van der Waals surface area contributed by atoms with Crippen LogP contribution in [0.1, 0.15) is 49.5 Å². The Hall–Kier alpha value is -0.650. The Morgan fingerprint density at radius 2 is 2.14 bits per heavy atom. The number of aromatic nitrogens is 2. The molecule has 116 valence electrons. The zero-order chi connectivity index (χ0) is 15.2. The van der Waals surface area contributed by atoms with Crippen molar-refractivity contribution in [3.8, 4) is 0 Å². The molecule has 0 radical (unpaired) electrons. The summed E-state index contributed by atoms with van der Waals surface area (Å²) in [6.07, 6.45) is 3.15. The maximum absolute atomic E-state index is 4.69. The molecule has 3 nitrogen and oxygen atoms in total. The van der Waals surface area contributed by atoms with Crippen molar-refractivity contribution < 1.29 is 0 Å². The van der Waals surface area contributed by atoms with E-state index in [-0.39, 0.29) is 0 Å². The molecule has 0 amide bonds. The molecule has 0 aliphatic rings. The molecule has 0 saturated carbocycles. The van der Waals surface area contributed by atoms with Gasteiger partial charge in [0.1, 0.15) is 0 Å². The van der Waals surface area contributed by atoms with Crippen LogP contribution in [0.2, 0.25) is 0 Å². The van der Waals surface area contributed by atoms with Crippen molar-refractivity contribution in [3.63, 3.8) is 0 Å². The van der Waals surface area contributed by atoms with E-state index in [2.05, 4.69) is 64.2 Å². The molecule has 1 atom stereocenters. The third-order valence-corrected chi connectivity index (χ3v) is 5.27. The van der Waals surface area contributed by atoms with Crippen LogP contribution in [0.4, 0.5) is 0 Å². The Balaban J connectivity index is 2.23. The van der Waals surface area contributed by atoms with Gasteiger partial charge in [0.05, 0.1) is 17.4 Å². The van der Waals surface area contributed by atoms with Gasteiger partial charge in [-0.3, -0.25) is 4.68 Å². The molecule has 21 heavy (non-hydrogen) atoms. The van der Waals surface area contributed by atoms with Crippen LogP contribution in [0.5, 0.6) is 0 Å². The van der Waals surface area contributed by atoms with Crippen LogP contribution in [0.3, 0.4) is 0 Å². The minimum atomic E-state index is 0.336. The number of hydrogen-bond acceptors (Lipinski definition) is 3. The van der Waals surface area contributed by atoms with Crippen molar-refractivity contribution in [2.45, 2.75) is 52.6 Å². The van der Waals surface area contributed by atoms with Crippen LogP contribution in [0, 0.1) is 0 Å². The highest BCUT2D eigenvalue weighted by Crippen LogP contribution is 2.26. The first-order valence-electron chi connectivity index (χ1n) is 7.70. The average molecular weight is 370 g/mol. The lowest BCUT2D eigenvalue weighted by atomic mass is 10.1. The highest BCUT2D eigenvalue weighted by molar-refractivity contribution is 9.10. The highest BCUT2D eigenvalue weighted by atomic mass is 79.9. The number of thiophene rings is 1. The summed E-state index contributed by atoms with van der Waals surface area (Å²) in [5.41, 5.74) is 2.50. The second kappa shape index (κ2) is 8.11. The molecular weight excluding hydrogens is 346 g/mol. The van der Waals surface area contributed by atoms with E-state index in [1.165, 1.54) is 20.7 Å². The molecule has 1 N–H and O–H groups in total. The number of aryl methyl sites for hydroxylation is 2. The normalized spacial score (nSPS) is 12.8. The average Bonchev–Trinajstić information content (AvgIpc) is 3.09. The summed E-state index contributed by atoms with van der Waals surface area (Å²) in [6.45, 7) is 8.49. The van der Waals surface area contributed by atoms with E-state index in [1.807, 2.05) is 11.3 Å². The largest absolute Gasteiger partial charge is 0.308 e. The summed E-state index contributed by atoms with van der Waals surface area (Å²) in [6, 6.07) is 4.82. The second-order valence-electron chi connectivity index (χ2n) is 5.17. The van der Waals surface area contributed by atoms with Gasteiger partial charge in [0.2, 0.25) is 0 Å². The van der Waals surface area contributed by atoms with Gasteiger partial charge >= 0.3 is 0 Å². The third kappa shape index (κ3) is 4.41. The quantitative estimate of drug-likeness (QED) is 0.738. The first kappa shape index (κ1) is 16.7. The van der Waals surface area contributed by atoms with Gasteiger partial charge in [-0.1, -0.05) is 13.8 Å². The molecule has 0 bridgehead atoms. The first-order valence-corrected chi connectivity index (χ1v) is 9.38. The summed E-state index contributed by atoms with van der Waals surface area (Å²) in [7, 11) is 0. The topological polar surface area (TPSA) is 29.9 Å². The fourth-order valence-corrected chi connectivity index (χ4v) is 3.95. The van der Waals surface area contributed by atoms with E-state index in [4.69, 9.17) is 5.10 Å². The molecule has 2 heterocycles. The third-order valence-electron chi connectivity index (χ3n) is 3.55. The van der Waals surface area contributed by atoms with E-state index in [0.717, 1.165) is 32.4 Å². The molecule has 0 aromatic carbocycles. The van der Waals surface area contributed by atoms with Crippen molar-refractivity contribution in [1.29, 1.82) is 0 Å². The van der Waals surface area contributed by atoms with Gasteiger partial charge in [-0.2, -0.15) is 5.10 Å². The Morgan fingerprint density at radius 1 is 1.33 bits per heavy atom. The van der Waals surface area contributed by atoms with Crippen LogP contribution >= 0.6 is 27.3 Å². The Labute approximate surface area is 139 Å². The van der Waals surface area contributed by atoms with E-state index in [1.54, 1.807) is 0 Å². The monoisotopic (exact) mass is 369 g/mol. The number of nitrogens with zero attached hydrogens (tertiary/aromatic N) is 2.